The van der Waals surface area contributed by atoms with E-state index in [4.69, 9.17) is 4.74 Å². The first-order chi connectivity index (χ1) is 15.6. The van der Waals surface area contributed by atoms with Crippen LogP contribution in [-0.2, 0) is 9.53 Å². The molecule has 0 radical (unpaired) electrons. The number of ether oxygens (including phenoxy) is 1. The zero-order chi connectivity index (χ0) is 22.1. The van der Waals surface area contributed by atoms with Gasteiger partial charge in [-0.1, -0.05) is 30.3 Å². The van der Waals surface area contributed by atoms with Crippen molar-refractivity contribution in [3.05, 3.63) is 65.2 Å². The van der Waals surface area contributed by atoms with Crippen molar-refractivity contribution in [3.8, 4) is 0 Å². The minimum Gasteiger partial charge on any atom is -0.379 e. The van der Waals surface area contributed by atoms with Gasteiger partial charge in [0.1, 0.15) is 6.17 Å². The summed E-state index contributed by atoms with van der Waals surface area (Å²) in [5, 5.41) is 2.95. The fourth-order valence-corrected chi connectivity index (χ4v) is 4.69. The normalized spacial score (nSPS) is 20.1. The van der Waals surface area contributed by atoms with Crippen molar-refractivity contribution in [1.82, 2.24) is 15.1 Å². The van der Waals surface area contributed by atoms with Crippen LogP contribution in [-0.4, -0.2) is 73.5 Å². The highest BCUT2D eigenvalue weighted by molar-refractivity contribution is 6.16. The number of carbonyl (C=O) groups excluding carboxylic acids is 3. The summed E-state index contributed by atoms with van der Waals surface area (Å²) in [5.41, 5.74) is 2.50. The standard InChI is InChI=1S/C24H26N4O4/c29-21(25-10-12-26-13-15-32-16-14-26)9-11-27-22-17-5-1-2-6-18(17)24(31)28(22)20-8-4-3-7-19(20)23(27)30/h1-8,22H,9-16H2,(H,25,29). The quantitative estimate of drug-likeness (QED) is 0.748. The van der Waals surface area contributed by atoms with E-state index in [-0.39, 0.29) is 30.7 Å². The van der Waals surface area contributed by atoms with Crippen molar-refractivity contribution >= 4 is 23.4 Å². The minimum absolute atomic E-state index is 0.103. The number of hydrogen-bond acceptors (Lipinski definition) is 5. The molecule has 2 aromatic rings. The average Bonchev–Trinajstić information content (AvgIpc) is 3.12. The topological polar surface area (TPSA) is 82.2 Å². The second-order valence-electron chi connectivity index (χ2n) is 8.21. The molecule has 1 fully saturated rings. The van der Waals surface area contributed by atoms with Gasteiger partial charge in [0, 0.05) is 50.3 Å². The van der Waals surface area contributed by atoms with Gasteiger partial charge >= 0.3 is 0 Å². The van der Waals surface area contributed by atoms with Crippen LogP contribution in [0.1, 0.15) is 38.9 Å². The molecular weight excluding hydrogens is 408 g/mol. The summed E-state index contributed by atoms with van der Waals surface area (Å²) in [5.74, 6) is -0.382. The van der Waals surface area contributed by atoms with Crippen molar-refractivity contribution < 1.29 is 19.1 Å². The largest absolute Gasteiger partial charge is 0.379 e. The van der Waals surface area contributed by atoms with Gasteiger partial charge in [0.15, 0.2) is 0 Å². The fraction of sp³-hybridized carbons (Fsp3) is 0.375. The molecule has 2 aromatic carbocycles. The molecule has 8 heteroatoms. The third-order valence-electron chi connectivity index (χ3n) is 6.32. The van der Waals surface area contributed by atoms with Gasteiger partial charge < -0.3 is 15.0 Å². The Labute approximate surface area is 186 Å². The van der Waals surface area contributed by atoms with Crippen molar-refractivity contribution in [1.29, 1.82) is 0 Å². The van der Waals surface area contributed by atoms with E-state index in [9.17, 15) is 14.4 Å². The summed E-state index contributed by atoms with van der Waals surface area (Å²) in [4.78, 5) is 44.6. The minimum atomic E-state index is -0.526. The van der Waals surface area contributed by atoms with Crippen molar-refractivity contribution in [2.24, 2.45) is 0 Å². The Balaban J connectivity index is 1.30. The number of amides is 3. The lowest BCUT2D eigenvalue weighted by molar-refractivity contribution is -0.121. The highest BCUT2D eigenvalue weighted by atomic mass is 16.5. The first kappa shape index (κ1) is 20.7. The molecule has 5 rings (SSSR count). The molecule has 3 aliphatic rings. The number of hydrogen-bond donors (Lipinski definition) is 1. The highest BCUT2D eigenvalue weighted by Gasteiger charge is 2.47. The lowest BCUT2D eigenvalue weighted by atomic mass is 10.0. The maximum atomic E-state index is 13.3. The Morgan fingerprint density at radius 1 is 0.938 bits per heavy atom. The summed E-state index contributed by atoms with van der Waals surface area (Å²) in [7, 11) is 0. The second-order valence-corrected chi connectivity index (χ2v) is 8.21. The van der Waals surface area contributed by atoms with Crippen molar-refractivity contribution in [2.45, 2.75) is 12.6 Å². The number of fused-ring (bicyclic) bond motifs is 5. The van der Waals surface area contributed by atoms with E-state index in [1.54, 1.807) is 34.1 Å². The van der Waals surface area contributed by atoms with Gasteiger partial charge in [-0.2, -0.15) is 0 Å². The lowest BCUT2D eigenvalue weighted by Crippen LogP contribution is -2.49. The predicted molar refractivity (Wildman–Crippen MR) is 118 cm³/mol. The molecule has 1 N–H and O–H groups in total. The molecular formula is C24H26N4O4. The Hall–Kier alpha value is -3.23. The van der Waals surface area contributed by atoms with Gasteiger partial charge in [0.25, 0.3) is 11.8 Å². The summed E-state index contributed by atoms with van der Waals surface area (Å²) in [6, 6.07) is 14.5. The molecule has 166 valence electrons. The van der Waals surface area contributed by atoms with E-state index in [0.717, 1.165) is 38.4 Å². The molecule has 3 heterocycles. The monoisotopic (exact) mass is 434 g/mol. The summed E-state index contributed by atoms with van der Waals surface area (Å²) in [6.07, 6.45) is -0.347. The van der Waals surface area contributed by atoms with Gasteiger partial charge in [0.05, 0.1) is 24.5 Å². The van der Waals surface area contributed by atoms with E-state index in [1.165, 1.54) is 0 Å². The van der Waals surface area contributed by atoms with Crippen LogP contribution in [0.5, 0.6) is 0 Å². The van der Waals surface area contributed by atoms with Crippen LogP contribution in [0.3, 0.4) is 0 Å². The molecule has 3 amide bonds. The van der Waals surface area contributed by atoms with Gasteiger partial charge in [-0.05, 0) is 18.2 Å². The van der Waals surface area contributed by atoms with Gasteiger partial charge in [-0.3, -0.25) is 24.2 Å². The third kappa shape index (κ3) is 3.65. The summed E-state index contributed by atoms with van der Waals surface area (Å²) < 4.78 is 5.34. The Morgan fingerprint density at radius 2 is 1.66 bits per heavy atom. The number of morpholine rings is 1. The van der Waals surface area contributed by atoms with E-state index in [0.29, 0.717) is 23.4 Å². The number of carbonyl (C=O) groups is 3. The Kier molecular flexibility index (Phi) is 5.63. The second kappa shape index (κ2) is 8.72. The molecule has 0 aromatic heterocycles. The maximum absolute atomic E-state index is 13.3. The number of benzene rings is 2. The van der Waals surface area contributed by atoms with Crippen molar-refractivity contribution in [2.75, 3.05) is 50.8 Å². The van der Waals surface area contributed by atoms with Gasteiger partial charge in [-0.25, -0.2) is 0 Å². The molecule has 8 nitrogen and oxygen atoms in total. The van der Waals surface area contributed by atoms with Crippen LogP contribution in [0.25, 0.3) is 0 Å². The molecule has 1 saturated heterocycles. The Morgan fingerprint density at radius 3 is 2.47 bits per heavy atom. The number of anilines is 1. The van der Waals surface area contributed by atoms with E-state index in [1.807, 2.05) is 24.3 Å². The van der Waals surface area contributed by atoms with E-state index >= 15 is 0 Å². The van der Waals surface area contributed by atoms with Crippen molar-refractivity contribution in [3.63, 3.8) is 0 Å². The first-order valence-corrected chi connectivity index (χ1v) is 11.0. The molecule has 1 atom stereocenters. The smallest absolute Gasteiger partial charge is 0.260 e. The maximum Gasteiger partial charge on any atom is 0.260 e. The molecule has 3 aliphatic heterocycles. The molecule has 0 bridgehead atoms. The van der Waals surface area contributed by atoms with E-state index < -0.39 is 6.17 Å². The highest BCUT2D eigenvalue weighted by Crippen LogP contribution is 2.45. The number of rotatable bonds is 6. The molecule has 0 aliphatic carbocycles. The zero-order valence-corrected chi connectivity index (χ0v) is 17.8. The SMILES string of the molecule is O=C(CCN1C(=O)c2ccccc2N2C(=O)c3ccccc3C12)NCCN1CCOCC1. The van der Waals surface area contributed by atoms with Crippen LogP contribution in [0.15, 0.2) is 48.5 Å². The van der Waals surface area contributed by atoms with Crippen LogP contribution >= 0.6 is 0 Å². The average molecular weight is 434 g/mol. The first-order valence-electron chi connectivity index (χ1n) is 11.0. The van der Waals surface area contributed by atoms with Gasteiger partial charge in [-0.15, -0.1) is 0 Å². The van der Waals surface area contributed by atoms with Crippen LogP contribution in [0, 0.1) is 0 Å². The zero-order valence-electron chi connectivity index (χ0n) is 17.8. The number of nitrogens with one attached hydrogen (secondary N) is 1. The number of para-hydroxylation sites is 1. The van der Waals surface area contributed by atoms with Gasteiger partial charge in [0.2, 0.25) is 5.91 Å². The summed E-state index contributed by atoms with van der Waals surface area (Å²) >= 11 is 0. The molecule has 0 spiro atoms. The lowest BCUT2D eigenvalue weighted by Gasteiger charge is -2.40. The fourth-order valence-electron chi connectivity index (χ4n) is 4.69. The molecule has 32 heavy (non-hydrogen) atoms. The third-order valence-corrected chi connectivity index (χ3v) is 6.32. The number of nitrogens with zero attached hydrogens (tertiary/aromatic N) is 3. The molecule has 1 unspecified atom stereocenters. The van der Waals surface area contributed by atoms with E-state index in [2.05, 4.69) is 10.2 Å². The summed E-state index contributed by atoms with van der Waals surface area (Å²) in [6.45, 7) is 4.79. The van der Waals surface area contributed by atoms with Crippen LogP contribution in [0.4, 0.5) is 5.69 Å². The van der Waals surface area contributed by atoms with Crippen LogP contribution in [0.2, 0.25) is 0 Å². The Bertz CT molecular complexity index is 1050. The van der Waals surface area contributed by atoms with Crippen LogP contribution < -0.4 is 10.2 Å². The molecule has 0 saturated carbocycles. The predicted octanol–water partition coefficient (Wildman–Crippen LogP) is 1.64.